The van der Waals surface area contributed by atoms with E-state index in [2.05, 4.69) is 30.4 Å². The normalized spacial score (nSPS) is 12.6. The zero-order valence-electron chi connectivity index (χ0n) is 12.3. The first-order chi connectivity index (χ1) is 9.72. The van der Waals surface area contributed by atoms with Gasteiger partial charge < -0.3 is 14.5 Å². The summed E-state index contributed by atoms with van der Waals surface area (Å²) in [6, 6.07) is 12.2. The quantitative estimate of drug-likeness (QED) is 0.842. The minimum absolute atomic E-state index is 0.222. The molecule has 1 N–H and O–H groups in total. The minimum Gasteiger partial charge on any atom is -0.496 e. The van der Waals surface area contributed by atoms with E-state index in [4.69, 9.17) is 9.15 Å². The average molecular weight is 274 g/mol. The van der Waals surface area contributed by atoms with Crippen LogP contribution in [0.2, 0.25) is 0 Å². The van der Waals surface area contributed by atoms with Gasteiger partial charge in [-0.05, 0) is 32.3 Å². The Morgan fingerprint density at radius 2 is 2.00 bits per heavy atom. The van der Waals surface area contributed by atoms with Gasteiger partial charge >= 0.3 is 0 Å². The fourth-order valence-electron chi connectivity index (χ4n) is 2.21. The standard InChI is InChI=1S/C16H22N2O2/c1-18(2)14(16-9-6-10-20-16)12-17-11-13-7-4-5-8-15(13)19-3/h4-10,14,17H,11-12H2,1-3H3. The lowest BCUT2D eigenvalue weighted by Crippen LogP contribution is -2.30. The molecule has 108 valence electrons. The molecular weight excluding hydrogens is 252 g/mol. The first-order valence-corrected chi connectivity index (χ1v) is 6.75. The summed E-state index contributed by atoms with van der Waals surface area (Å²) >= 11 is 0. The van der Waals surface area contributed by atoms with Crippen molar-refractivity contribution in [2.24, 2.45) is 0 Å². The number of benzene rings is 1. The topological polar surface area (TPSA) is 37.6 Å². The summed E-state index contributed by atoms with van der Waals surface area (Å²) in [4.78, 5) is 2.15. The molecule has 0 bridgehead atoms. The second kappa shape index (κ2) is 7.12. The lowest BCUT2D eigenvalue weighted by Gasteiger charge is -2.23. The SMILES string of the molecule is COc1ccccc1CNCC(c1ccco1)N(C)C. The molecule has 1 aromatic carbocycles. The molecule has 0 aliphatic carbocycles. The third-order valence-corrected chi connectivity index (χ3v) is 3.34. The Hall–Kier alpha value is -1.78. The molecule has 2 aromatic rings. The van der Waals surface area contributed by atoms with Crippen LogP contribution >= 0.6 is 0 Å². The van der Waals surface area contributed by atoms with Gasteiger partial charge in [-0.15, -0.1) is 0 Å². The smallest absolute Gasteiger partial charge is 0.123 e. The molecule has 4 nitrogen and oxygen atoms in total. The third-order valence-electron chi connectivity index (χ3n) is 3.34. The number of methoxy groups -OCH3 is 1. The van der Waals surface area contributed by atoms with Crippen LogP contribution in [-0.2, 0) is 6.54 Å². The van der Waals surface area contributed by atoms with Crippen LogP contribution in [0.25, 0.3) is 0 Å². The lowest BCUT2D eigenvalue weighted by atomic mass is 10.1. The highest BCUT2D eigenvalue weighted by molar-refractivity contribution is 5.33. The predicted octanol–water partition coefficient (Wildman–Crippen LogP) is 2.68. The Labute approximate surface area is 120 Å². The molecule has 2 rings (SSSR count). The van der Waals surface area contributed by atoms with Crippen LogP contribution in [0, 0.1) is 0 Å². The van der Waals surface area contributed by atoms with Crippen molar-refractivity contribution in [1.29, 1.82) is 0 Å². The van der Waals surface area contributed by atoms with Crippen LogP contribution in [0.5, 0.6) is 5.75 Å². The van der Waals surface area contributed by atoms with Crippen LogP contribution in [-0.4, -0.2) is 32.6 Å². The van der Waals surface area contributed by atoms with Crippen LogP contribution in [0.15, 0.2) is 47.1 Å². The maximum atomic E-state index is 5.50. The van der Waals surface area contributed by atoms with Gasteiger partial charge in [0.1, 0.15) is 11.5 Å². The highest BCUT2D eigenvalue weighted by Crippen LogP contribution is 2.19. The molecule has 0 aliphatic rings. The molecule has 0 saturated heterocycles. The van der Waals surface area contributed by atoms with Crippen molar-refractivity contribution >= 4 is 0 Å². The molecule has 20 heavy (non-hydrogen) atoms. The molecule has 0 saturated carbocycles. The van der Waals surface area contributed by atoms with E-state index >= 15 is 0 Å². The molecular formula is C16H22N2O2. The van der Waals surface area contributed by atoms with Crippen molar-refractivity contribution in [3.05, 3.63) is 54.0 Å². The summed E-state index contributed by atoms with van der Waals surface area (Å²) in [6.45, 7) is 1.59. The van der Waals surface area contributed by atoms with Gasteiger partial charge in [0.25, 0.3) is 0 Å². The van der Waals surface area contributed by atoms with Crippen molar-refractivity contribution in [2.75, 3.05) is 27.7 Å². The molecule has 1 atom stereocenters. The number of furan rings is 1. The Balaban J connectivity index is 1.94. The number of hydrogen-bond acceptors (Lipinski definition) is 4. The van der Waals surface area contributed by atoms with Crippen molar-refractivity contribution in [1.82, 2.24) is 10.2 Å². The Morgan fingerprint density at radius 1 is 1.20 bits per heavy atom. The molecule has 1 unspecified atom stereocenters. The third kappa shape index (κ3) is 3.62. The zero-order chi connectivity index (χ0) is 14.4. The van der Waals surface area contributed by atoms with Gasteiger partial charge in [0.15, 0.2) is 0 Å². The number of para-hydroxylation sites is 1. The summed E-state index contributed by atoms with van der Waals surface area (Å²) in [5.74, 6) is 1.89. The average Bonchev–Trinajstić information content (AvgIpc) is 2.97. The van der Waals surface area contributed by atoms with E-state index < -0.39 is 0 Å². The highest BCUT2D eigenvalue weighted by Gasteiger charge is 2.16. The van der Waals surface area contributed by atoms with Gasteiger partial charge in [0, 0.05) is 18.7 Å². The van der Waals surface area contributed by atoms with E-state index in [1.807, 2.05) is 30.3 Å². The molecule has 1 heterocycles. The van der Waals surface area contributed by atoms with E-state index in [0.717, 1.165) is 30.2 Å². The Bertz CT molecular complexity index is 509. The summed E-state index contributed by atoms with van der Waals surface area (Å²) in [5, 5.41) is 3.46. The van der Waals surface area contributed by atoms with Crippen LogP contribution in [0.4, 0.5) is 0 Å². The van der Waals surface area contributed by atoms with Gasteiger partial charge in [-0.2, -0.15) is 0 Å². The first-order valence-electron chi connectivity index (χ1n) is 6.75. The van der Waals surface area contributed by atoms with Gasteiger partial charge in [-0.25, -0.2) is 0 Å². The zero-order valence-corrected chi connectivity index (χ0v) is 12.3. The summed E-state index contributed by atoms with van der Waals surface area (Å²) in [5.41, 5.74) is 1.16. The number of ether oxygens (including phenoxy) is 1. The molecule has 0 fully saturated rings. The monoisotopic (exact) mass is 274 g/mol. The van der Waals surface area contributed by atoms with Crippen molar-refractivity contribution in [3.63, 3.8) is 0 Å². The Morgan fingerprint density at radius 3 is 2.65 bits per heavy atom. The van der Waals surface area contributed by atoms with Gasteiger partial charge in [0.05, 0.1) is 19.4 Å². The number of nitrogens with one attached hydrogen (secondary N) is 1. The van der Waals surface area contributed by atoms with E-state index in [0.29, 0.717) is 0 Å². The second-order valence-corrected chi connectivity index (χ2v) is 4.94. The maximum Gasteiger partial charge on any atom is 0.123 e. The van der Waals surface area contributed by atoms with E-state index in [1.54, 1.807) is 13.4 Å². The summed E-state index contributed by atoms with van der Waals surface area (Å²) in [7, 11) is 5.81. The predicted molar refractivity (Wildman–Crippen MR) is 79.8 cm³/mol. The largest absolute Gasteiger partial charge is 0.496 e. The van der Waals surface area contributed by atoms with Crippen LogP contribution in [0.1, 0.15) is 17.4 Å². The van der Waals surface area contributed by atoms with Crippen molar-refractivity contribution in [3.8, 4) is 5.75 Å². The van der Waals surface area contributed by atoms with Gasteiger partial charge in [0.2, 0.25) is 0 Å². The Kier molecular flexibility index (Phi) is 5.21. The molecule has 0 aliphatic heterocycles. The van der Waals surface area contributed by atoms with Gasteiger partial charge in [-0.3, -0.25) is 4.90 Å². The number of likely N-dealkylation sites (N-methyl/N-ethyl adjacent to an activating group) is 1. The summed E-state index contributed by atoms with van der Waals surface area (Å²) < 4.78 is 10.9. The molecule has 0 amide bonds. The first kappa shape index (κ1) is 14.6. The van der Waals surface area contributed by atoms with Crippen LogP contribution < -0.4 is 10.1 Å². The minimum atomic E-state index is 0.222. The number of rotatable bonds is 7. The summed E-state index contributed by atoms with van der Waals surface area (Å²) in [6.07, 6.45) is 1.71. The fourth-order valence-corrected chi connectivity index (χ4v) is 2.21. The van der Waals surface area contributed by atoms with Crippen molar-refractivity contribution in [2.45, 2.75) is 12.6 Å². The second-order valence-electron chi connectivity index (χ2n) is 4.94. The fraction of sp³-hybridized carbons (Fsp3) is 0.375. The van der Waals surface area contributed by atoms with E-state index in [9.17, 15) is 0 Å². The van der Waals surface area contributed by atoms with Crippen LogP contribution in [0.3, 0.4) is 0 Å². The molecule has 0 radical (unpaired) electrons. The highest BCUT2D eigenvalue weighted by atomic mass is 16.5. The molecule has 0 spiro atoms. The number of nitrogens with zero attached hydrogens (tertiary/aromatic N) is 1. The van der Waals surface area contributed by atoms with E-state index in [-0.39, 0.29) is 6.04 Å². The lowest BCUT2D eigenvalue weighted by molar-refractivity contribution is 0.250. The molecule has 4 heteroatoms. The van der Waals surface area contributed by atoms with Gasteiger partial charge in [-0.1, -0.05) is 18.2 Å². The number of hydrogen-bond donors (Lipinski definition) is 1. The van der Waals surface area contributed by atoms with Crippen molar-refractivity contribution < 1.29 is 9.15 Å². The maximum absolute atomic E-state index is 5.50. The molecule has 1 aromatic heterocycles. The van der Waals surface area contributed by atoms with E-state index in [1.165, 1.54) is 0 Å².